The van der Waals surface area contributed by atoms with Gasteiger partial charge in [-0.3, -0.25) is 0 Å². The first-order valence-electron chi connectivity index (χ1n) is 4.94. The summed E-state index contributed by atoms with van der Waals surface area (Å²) in [6, 6.07) is 6.99. The van der Waals surface area contributed by atoms with Crippen LogP contribution >= 0.6 is 34.2 Å². The van der Waals surface area contributed by atoms with Crippen molar-refractivity contribution in [2.75, 3.05) is 11.1 Å². The van der Waals surface area contributed by atoms with Gasteiger partial charge in [0.05, 0.1) is 20.0 Å². The molecular formula is C12H8ClF2IN2. The normalized spacial score (nSPS) is 10.4. The summed E-state index contributed by atoms with van der Waals surface area (Å²) in [5.74, 6) is -0.937. The predicted molar refractivity (Wildman–Crippen MR) is 78.2 cm³/mol. The van der Waals surface area contributed by atoms with E-state index >= 15 is 0 Å². The lowest BCUT2D eigenvalue weighted by atomic mass is 10.2. The highest BCUT2D eigenvalue weighted by Crippen LogP contribution is 2.28. The molecule has 18 heavy (non-hydrogen) atoms. The molecule has 0 heterocycles. The Labute approximate surface area is 121 Å². The highest BCUT2D eigenvalue weighted by molar-refractivity contribution is 14.1. The van der Waals surface area contributed by atoms with Gasteiger partial charge in [-0.05, 0) is 46.9 Å². The SMILES string of the molecule is Nc1cc(I)c(F)cc1Nc1ccc(Cl)c(F)c1. The summed E-state index contributed by atoms with van der Waals surface area (Å²) in [6.07, 6.45) is 0. The van der Waals surface area contributed by atoms with Gasteiger partial charge in [0.1, 0.15) is 11.6 Å². The van der Waals surface area contributed by atoms with E-state index < -0.39 is 5.82 Å². The van der Waals surface area contributed by atoms with Crippen molar-refractivity contribution in [3.8, 4) is 0 Å². The Morgan fingerprint density at radius 2 is 1.83 bits per heavy atom. The van der Waals surface area contributed by atoms with Gasteiger partial charge < -0.3 is 11.1 Å². The number of hydrogen-bond donors (Lipinski definition) is 2. The van der Waals surface area contributed by atoms with Gasteiger partial charge in [0.25, 0.3) is 0 Å². The van der Waals surface area contributed by atoms with E-state index in [1.807, 2.05) is 22.6 Å². The number of hydrogen-bond acceptors (Lipinski definition) is 2. The second-order valence-electron chi connectivity index (χ2n) is 3.61. The molecule has 0 unspecified atom stereocenters. The molecule has 2 aromatic carbocycles. The first-order valence-corrected chi connectivity index (χ1v) is 6.39. The summed E-state index contributed by atoms with van der Waals surface area (Å²) >= 11 is 7.42. The second kappa shape index (κ2) is 5.27. The molecule has 0 aromatic heterocycles. The summed E-state index contributed by atoms with van der Waals surface area (Å²) in [7, 11) is 0. The molecular weight excluding hydrogens is 372 g/mol. The summed E-state index contributed by atoms with van der Waals surface area (Å²) < 4.78 is 27.1. The molecule has 0 aliphatic carbocycles. The van der Waals surface area contributed by atoms with Crippen LogP contribution in [0.5, 0.6) is 0 Å². The van der Waals surface area contributed by atoms with E-state index in [0.717, 1.165) is 0 Å². The van der Waals surface area contributed by atoms with Gasteiger partial charge in [-0.15, -0.1) is 0 Å². The molecule has 0 amide bonds. The average Bonchev–Trinajstić information content (AvgIpc) is 2.31. The van der Waals surface area contributed by atoms with Crippen LogP contribution in [0.1, 0.15) is 0 Å². The molecule has 6 heteroatoms. The topological polar surface area (TPSA) is 38.0 Å². The number of halogens is 4. The molecule has 0 atom stereocenters. The monoisotopic (exact) mass is 380 g/mol. The average molecular weight is 381 g/mol. The Kier molecular flexibility index (Phi) is 3.91. The van der Waals surface area contributed by atoms with Crippen molar-refractivity contribution in [1.29, 1.82) is 0 Å². The van der Waals surface area contributed by atoms with Gasteiger partial charge in [-0.1, -0.05) is 11.6 Å². The third-order valence-electron chi connectivity index (χ3n) is 2.29. The number of rotatable bonds is 2. The fourth-order valence-corrected chi connectivity index (χ4v) is 2.01. The Balaban J connectivity index is 2.34. The minimum absolute atomic E-state index is 0.0299. The van der Waals surface area contributed by atoms with E-state index in [0.29, 0.717) is 20.6 Å². The van der Waals surface area contributed by atoms with Crippen molar-refractivity contribution in [2.24, 2.45) is 0 Å². The van der Waals surface area contributed by atoms with Gasteiger partial charge in [0.15, 0.2) is 0 Å². The number of nitrogens with two attached hydrogens (primary N) is 1. The van der Waals surface area contributed by atoms with Crippen LogP contribution in [0.2, 0.25) is 5.02 Å². The Morgan fingerprint density at radius 3 is 2.50 bits per heavy atom. The van der Waals surface area contributed by atoms with E-state index in [1.165, 1.54) is 24.3 Å². The minimum atomic E-state index is -0.550. The minimum Gasteiger partial charge on any atom is -0.397 e. The van der Waals surface area contributed by atoms with Crippen molar-refractivity contribution < 1.29 is 8.78 Å². The first-order chi connectivity index (χ1) is 8.47. The molecule has 0 radical (unpaired) electrons. The second-order valence-corrected chi connectivity index (χ2v) is 5.18. The summed E-state index contributed by atoms with van der Waals surface area (Å²) in [4.78, 5) is 0. The predicted octanol–water partition coefficient (Wildman–Crippen LogP) is 4.55. The number of nitrogen functional groups attached to an aromatic ring is 1. The van der Waals surface area contributed by atoms with Crippen LogP contribution in [0.4, 0.5) is 25.8 Å². The van der Waals surface area contributed by atoms with Gasteiger partial charge in [-0.25, -0.2) is 8.78 Å². The van der Waals surface area contributed by atoms with Crippen molar-refractivity contribution in [2.45, 2.75) is 0 Å². The highest BCUT2D eigenvalue weighted by Gasteiger charge is 2.07. The Hall–Kier alpha value is -1.08. The lowest BCUT2D eigenvalue weighted by Crippen LogP contribution is -1.99. The zero-order valence-electron chi connectivity index (χ0n) is 8.98. The molecule has 0 bridgehead atoms. The molecule has 2 rings (SSSR count). The van der Waals surface area contributed by atoms with E-state index in [4.69, 9.17) is 17.3 Å². The third kappa shape index (κ3) is 2.84. The maximum Gasteiger partial charge on any atom is 0.143 e. The smallest absolute Gasteiger partial charge is 0.143 e. The molecule has 3 N–H and O–H groups in total. The molecule has 0 saturated heterocycles. The fourth-order valence-electron chi connectivity index (χ4n) is 1.40. The third-order valence-corrected chi connectivity index (χ3v) is 3.42. The lowest BCUT2D eigenvalue weighted by Gasteiger charge is -2.10. The highest BCUT2D eigenvalue weighted by atomic mass is 127. The van der Waals surface area contributed by atoms with Gasteiger partial charge in [0.2, 0.25) is 0 Å². The molecule has 2 aromatic rings. The van der Waals surface area contributed by atoms with Gasteiger partial charge in [0, 0.05) is 11.8 Å². The van der Waals surface area contributed by atoms with Crippen molar-refractivity contribution >= 4 is 51.3 Å². The van der Waals surface area contributed by atoms with E-state index in [1.54, 1.807) is 6.07 Å². The molecule has 0 aliphatic rings. The summed E-state index contributed by atoms with van der Waals surface area (Å²) in [6.45, 7) is 0. The largest absolute Gasteiger partial charge is 0.397 e. The number of nitrogens with one attached hydrogen (secondary N) is 1. The number of benzene rings is 2. The van der Waals surface area contributed by atoms with Gasteiger partial charge in [-0.2, -0.15) is 0 Å². The molecule has 2 nitrogen and oxygen atoms in total. The first kappa shape index (κ1) is 13.4. The molecule has 0 fully saturated rings. The molecule has 0 spiro atoms. The fraction of sp³-hybridized carbons (Fsp3) is 0. The van der Waals surface area contributed by atoms with Crippen LogP contribution in [0.3, 0.4) is 0 Å². The van der Waals surface area contributed by atoms with E-state index in [-0.39, 0.29) is 10.8 Å². The summed E-state index contributed by atoms with van der Waals surface area (Å²) in [5.41, 5.74) is 6.97. The van der Waals surface area contributed by atoms with Crippen LogP contribution < -0.4 is 11.1 Å². The standard InChI is InChI=1S/C12H8ClF2IN2/c13-7-2-1-6(3-8(7)14)18-12-4-9(15)10(16)5-11(12)17/h1-5,18H,17H2. The number of anilines is 3. The van der Waals surface area contributed by atoms with Gasteiger partial charge >= 0.3 is 0 Å². The van der Waals surface area contributed by atoms with E-state index in [2.05, 4.69) is 5.32 Å². The van der Waals surface area contributed by atoms with Crippen LogP contribution in [0, 0.1) is 15.2 Å². The van der Waals surface area contributed by atoms with Crippen molar-refractivity contribution in [3.05, 3.63) is 50.6 Å². The molecule has 94 valence electrons. The van der Waals surface area contributed by atoms with Crippen molar-refractivity contribution in [1.82, 2.24) is 0 Å². The van der Waals surface area contributed by atoms with E-state index in [9.17, 15) is 8.78 Å². The lowest BCUT2D eigenvalue weighted by molar-refractivity contribution is 0.621. The molecule has 0 saturated carbocycles. The Morgan fingerprint density at radius 1 is 1.11 bits per heavy atom. The quantitative estimate of drug-likeness (QED) is 0.593. The zero-order valence-corrected chi connectivity index (χ0v) is 11.9. The summed E-state index contributed by atoms with van der Waals surface area (Å²) in [5, 5.41) is 2.87. The van der Waals surface area contributed by atoms with Crippen LogP contribution in [0.25, 0.3) is 0 Å². The van der Waals surface area contributed by atoms with Crippen LogP contribution in [-0.4, -0.2) is 0 Å². The van der Waals surface area contributed by atoms with Crippen molar-refractivity contribution in [3.63, 3.8) is 0 Å². The molecule has 0 aliphatic heterocycles. The maximum atomic E-state index is 13.4. The maximum absolute atomic E-state index is 13.4. The van der Waals surface area contributed by atoms with Crippen LogP contribution in [0.15, 0.2) is 30.3 Å². The Bertz CT molecular complexity index is 605. The van der Waals surface area contributed by atoms with Crippen LogP contribution in [-0.2, 0) is 0 Å². The zero-order chi connectivity index (χ0) is 13.3.